The smallest absolute Gasteiger partial charge is 0.296 e. The number of aromatic amines is 1. The minimum Gasteiger partial charge on any atom is -0.474 e. The van der Waals surface area contributed by atoms with Gasteiger partial charge in [0, 0.05) is 49.0 Å². The zero-order chi connectivity index (χ0) is 44.9. The van der Waals surface area contributed by atoms with Crippen molar-refractivity contribution in [1.29, 1.82) is 0 Å². The van der Waals surface area contributed by atoms with Gasteiger partial charge in [0.1, 0.15) is 23.6 Å². The molecule has 2 saturated carbocycles. The van der Waals surface area contributed by atoms with Crippen LogP contribution in [0, 0.1) is 21.4 Å². The Hall–Kier alpha value is -5.74. The first-order valence-electron chi connectivity index (χ1n) is 23.5. The number of carbonyl (C=O) groups is 1. The zero-order valence-electron chi connectivity index (χ0n) is 37.3. The van der Waals surface area contributed by atoms with Crippen molar-refractivity contribution in [3.8, 4) is 5.88 Å². The number of nitro groups is 1. The molecule has 1 atom stereocenters. The van der Waals surface area contributed by atoms with Gasteiger partial charge in [-0.05, 0) is 117 Å². The van der Waals surface area contributed by atoms with E-state index in [0.717, 1.165) is 75.3 Å². The number of amides is 1. The van der Waals surface area contributed by atoms with Crippen LogP contribution in [0.2, 0.25) is 0 Å². The van der Waals surface area contributed by atoms with Crippen molar-refractivity contribution < 1.29 is 22.9 Å². The molecular weight excluding hydrogens is 843 g/mol. The summed E-state index contributed by atoms with van der Waals surface area (Å²) < 4.78 is 35.9. The summed E-state index contributed by atoms with van der Waals surface area (Å²) in [7, 11) is -4.64. The Morgan fingerprint density at radius 2 is 1.77 bits per heavy atom. The number of benzene rings is 2. The summed E-state index contributed by atoms with van der Waals surface area (Å²) in [5.41, 5.74) is 5.89. The highest BCUT2D eigenvalue weighted by atomic mass is 32.2. The highest BCUT2D eigenvalue weighted by Crippen LogP contribution is 2.54. The van der Waals surface area contributed by atoms with E-state index in [0.29, 0.717) is 71.9 Å². The van der Waals surface area contributed by atoms with Gasteiger partial charge in [0.2, 0.25) is 5.88 Å². The number of likely N-dealkylation sites (tertiary alicyclic amines) is 1. The number of ether oxygens (including phenoxy) is 1. The van der Waals surface area contributed by atoms with Crippen LogP contribution in [0.15, 0.2) is 78.1 Å². The second kappa shape index (κ2) is 17.6. The predicted molar refractivity (Wildman–Crippen MR) is 252 cm³/mol. The van der Waals surface area contributed by atoms with E-state index in [1.54, 1.807) is 12.3 Å². The van der Waals surface area contributed by atoms with E-state index in [4.69, 9.17) is 9.72 Å². The summed E-state index contributed by atoms with van der Waals surface area (Å²) in [6, 6.07) is 20.4. The van der Waals surface area contributed by atoms with Crippen LogP contribution in [-0.4, -0.2) is 84.5 Å². The summed E-state index contributed by atoms with van der Waals surface area (Å²) in [5.74, 6) is 0.395. The number of anilines is 4. The van der Waals surface area contributed by atoms with E-state index in [-0.39, 0.29) is 11.3 Å². The molecule has 2 aliphatic carbocycles. The molecule has 0 bridgehead atoms. The maximum Gasteiger partial charge on any atom is 0.296 e. The molecule has 6 heterocycles. The Kier molecular flexibility index (Phi) is 11.7. The number of nitrogens with zero attached hydrogens (tertiary/aromatic N) is 6. The fourth-order valence-corrected chi connectivity index (χ4v) is 12.4. The number of sulfonamides is 1. The highest BCUT2D eigenvalue weighted by molar-refractivity contribution is 7.90. The topological polar surface area (TPSA) is 179 Å². The number of rotatable bonds is 12. The van der Waals surface area contributed by atoms with Gasteiger partial charge in [-0.25, -0.2) is 9.71 Å². The quantitative estimate of drug-likeness (QED) is 0.0800. The average Bonchev–Trinajstić information content (AvgIpc) is 3.99. The van der Waals surface area contributed by atoms with Crippen molar-refractivity contribution in [1.82, 2.24) is 24.6 Å². The number of carbonyl (C=O) groups excluding carboxylic acids is 1. The Morgan fingerprint density at radius 1 is 0.969 bits per heavy atom. The van der Waals surface area contributed by atoms with Crippen molar-refractivity contribution in [2.45, 2.75) is 108 Å². The van der Waals surface area contributed by atoms with E-state index in [1.807, 2.05) is 29.2 Å². The van der Waals surface area contributed by atoms with E-state index in [2.05, 4.69) is 67.9 Å². The maximum atomic E-state index is 14.3. The normalized spacial score (nSPS) is 20.4. The van der Waals surface area contributed by atoms with Gasteiger partial charge in [-0.2, -0.15) is 13.4 Å². The van der Waals surface area contributed by atoms with Crippen LogP contribution >= 0.6 is 0 Å². The summed E-state index contributed by atoms with van der Waals surface area (Å²) >= 11 is 0. The molecule has 342 valence electrons. The Bertz CT molecular complexity index is 2700. The van der Waals surface area contributed by atoms with Crippen LogP contribution in [0.25, 0.3) is 11.0 Å². The molecule has 1 amide bonds. The molecular formula is C49H59N9O6S. The fourth-order valence-electron chi connectivity index (χ4n) is 11.4. The first kappa shape index (κ1) is 43.2. The maximum absolute atomic E-state index is 14.3. The predicted octanol–water partition coefficient (Wildman–Crippen LogP) is 9.22. The first-order valence-corrected chi connectivity index (χ1v) is 25.0. The van der Waals surface area contributed by atoms with Crippen LogP contribution < -0.4 is 24.6 Å². The average molecular weight is 902 g/mol. The van der Waals surface area contributed by atoms with Crippen molar-refractivity contribution in [2.24, 2.45) is 11.3 Å². The number of H-pyrrole nitrogens is 1. The van der Waals surface area contributed by atoms with E-state index in [1.165, 1.54) is 49.4 Å². The molecule has 3 N–H and O–H groups in total. The number of hydrogen-bond acceptors (Lipinski definition) is 12. The SMILES string of the molecule is CC(C)c1ccccc1C1CCCN1C1CC2(CCN(c3ccc(C(=O)NS(=O)(=O)c4cc([N+](=O)[O-])c(NCC5CCCCC5)cn4)c(N4CCOc5nc6[nH]ccc6cc54)c3)CC2)C1. The summed E-state index contributed by atoms with van der Waals surface area (Å²) in [4.78, 5) is 44.9. The number of pyridine rings is 2. The first-order chi connectivity index (χ1) is 31.4. The largest absolute Gasteiger partial charge is 0.474 e. The third-order valence-electron chi connectivity index (χ3n) is 15.0. The van der Waals surface area contributed by atoms with Crippen molar-refractivity contribution in [3.05, 3.63) is 99.9 Å². The summed E-state index contributed by atoms with van der Waals surface area (Å²) in [6.45, 7) is 8.69. The van der Waals surface area contributed by atoms with Crippen LogP contribution in [0.4, 0.5) is 28.4 Å². The third kappa shape index (κ3) is 8.50. The van der Waals surface area contributed by atoms with E-state index in [9.17, 15) is 23.3 Å². The van der Waals surface area contributed by atoms with Gasteiger partial charge in [-0.15, -0.1) is 0 Å². The lowest BCUT2D eigenvalue weighted by Gasteiger charge is -2.56. The highest BCUT2D eigenvalue weighted by Gasteiger charge is 2.50. The molecule has 16 heteroatoms. The molecule has 5 aliphatic rings. The van der Waals surface area contributed by atoms with Gasteiger partial charge in [0.15, 0.2) is 5.03 Å². The van der Waals surface area contributed by atoms with E-state index < -0.39 is 31.6 Å². The van der Waals surface area contributed by atoms with E-state index >= 15 is 0 Å². The van der Waals surface area contributed by atoms with Crippen LogP contribution in [-0.2, 0) is 10.0 Å². The van der Waals surface area contributed by atoms with Gasteiger partial charge in [-0.1, -0.05) is 57.4 Å². The lowest BCUT2D eigenvalue weighted by molar-refractivity contribution is -0.384. The molecule has 3 aliphatic heterocycles. The summed E-state index contributed by atoms with van der Waals surface area (Å²) in [5, 5.41) is 15.6. The molecule has 5 aromatic rings. The molecule has 1 spiro atoms. The zero-order valence-corrected chi connectivity index (χ0v) is 38.1. The standard InChI is InChI=1S/C49H59N9O6S/c1-32(2)37-11-6-7-12-38(37)41-13-8-20-56(41)36-28-49(29-36)17-21-55(22-18-49)35-14-15-39(42(26-35)57-23-24-64-48-44(57)25-34-16-19-50-46(34)53-48)47(59)54-65(62,63)45-27-43(58(60)61)40(31-52-45)51-30-33-9-4-3-5-10-33/h6-7,11-12,14-16,19,25-27,31-33,36,41,51H,3-5,8-10,13,17-18,20-24,28-30H2,1-2H3,(H,50,53)(H,54,59). The van der Waals surface area contributed by atoms with Crippen molar-refractivity contribution in [2.75, 3.05) is 54.4 Å². The molecule has 15 nitrogen and oxygen atoms in total. The molecule has 0 radical (unpaired) electrons. The molecule has 3 aromatic heterocycles. The summed E-state index contributed by atoms with van der Waals surface area (Å²) in [6.07, 6.45) is 15.5. The van der Waals surface area contributed by atoms with Crippen LogP contribution in [0.5, 0.6) is 5.88 Å². The Balaban J connectivity index is 0.885. The monoisotopic (exact) mass is 901 g/mol. The molecule has 4 fully saturated rings. The molecule has 2 saturated heterocycles. The van der Waals surface area contributed by atoms with Crippen molar-refractivity contribution >= 4 is 55.4 Å². The van der Waals surface area contributed by atoms with Gasteiger partial charge >= 0.3 is 0 Å². The number of hydrogen-bond donors (Lipinski definition) is 3. The number of nitrogens with one attached hydrogen (secondary N) is 3. The lowest BCUT2D eigenvalue weighted by atomic mass is 9.59. The van der Waals surface area contributed by atoms with Gasteiger partial charge in [0.25, 0.3) is 21.6 Å². The number of piperidine rings is 1. The van der Waals surface area contributed by atoms with Crippen LogP contribution in [0.1, 0.15) is 118 Å². The van der Waals surface area contributed by atoms with Gasteiger partial charge in [0.05, 0.1) is 35.0 Å². The second-order valence-corrected chi connectivity index (χ2v) is 20.9. The fraction of sp³-hybridized carbons (Fsp3) is 0.490. The van der Waals surface area contributed by atoms with Gasteiger partial charge in [-0.3, -0.25) is 19.8 Å². The van der Waals surface area contributed by atoms with Gasteiger partial charge < -0.3 is 24.8 Å². The molecule has 10 rings (SSSR count). The minimum absolute atomic E-state index is 0.120. The third-order valence-corrected chi connectivity index (χ3v) is 16.2. The molecule has 65 heavy (non-hydrogen) atoms. The Labute approximate surface area is 380 Å². The lowest BCUT2D eigenvalue weighted by Crippen LogP contribution is -2.55. The molecule has 2 aromatic carbocycles. The van der Waals surface area contributed by atoms with Crippen molar-refractivity contribution in [3.63, 3.8) is 0 Å². The number of fused-ring (bicyclic) bond motifs is 2. The second-order valence-electron chi connectivity index (χ2n) is 19.3. The molecule has 1 unspecified atom stereocenters. The van der Waals surface area contributed by atoms with Crippen LogP contribution in [0.3, 0.4) is 0 Å². The number of aromatic nitrogens is 3. The Morgan fingerprint density at radius 3 is 2.55 bits per heavy atom. The minimum atomic E-state index is -4.64.